The Bertz CT molecular complexity index is 1410. The molecule has 5 nitrogen and oxygen atoms in total. The molecule has 1 aromatic heterocycles. The van der Waals surface area contributed by atoms with Crippen molar-refractivity contribution in [2.24, 2.45) is 0 Å². The normalized spacial score (nSPS) is 21.0. The highest BCUT2D eigenvalue weighted by Gasteiger charge is 2.52. The molecule has 6 rings (SSSR count). The summed E-state index contributed by atoms with van der Waals surface area (Å²) in [5.41, 5.74) is 4.35. The van der Waals surface area contributed by atoms with Crippen molar-refractivity contribution >= 4 is 22.3 Å². The van der Waals surface area contributed by atoms with E-state index in [0.29, 0.717) is 23.3 Å². The zero-order chi connectivity index (χ0) is 22.0. The molecule has 3 heterocycles. The fourth-order valence-corrected chi connectivity index (χ4v) is 5.28. The Morgan fingerprint density at radius 3 is 2.53 bits per heavy atom. The Morgan fingerprint density at radius 2 is 1.75 bits per heavy atom. The third-order valence-corrected chi connectivity index (χ3v) is 6.93. The molecule has 2 aliphatic heterocycles. The number of fused-ring (bicyclic) bond motifs is 8. The van der Waals surface area contributed by atoms with Crippen LogP contribution in [0.2, 0.25) is 0 Å². The summed E-state index contributed by atoms with van der Waals surface area (Å²) in [6.07, 6.45) is 0.642. The summed E-state index contributed by atoms with van der Waals surface area (Å²) in [6.45, 7) is 0. The third-order valence-electron chi connectivity index (χ3n) is 6.93. The fraction of sp³-hybridized carbons (Fsp3) is 0.222. The Hall–Kier alpha value is -3.73. The van der Waals surface area contributed by atoms with E-state index in [9.17, 15) is 4.79 Å². The van der Waals surface area contributed by atoms with Crippen LogP contribution in [0, 0.1) is 0 Å². The minimum absolute atomic E-state index is 0.111. The van der Waals surface area contributed by atoms with Crippen molar-refractivity contribution in [3.8, 4) is 5.75 Å². The Morgan fingerprint density at radius 1 is 1.00 bits per heavy atom. The molecule has 2 bridgehead atoms. The van der Waals surface area contributed by atoms with Crippen LogP contribution >= 0.6 is 0 Å². The maximum atomic E-state index is 13.3. The molecule has 2 atom stereocenters. The molecule has 0 radical (unpaired) electrons. The lowest BCUT2D eigenvalue weighted by Crippen LogP contribution is -2.55. The third kappa shape index (κ3) is 2.48. The zero-order valence-corrected chi connectivity index (χ0v) is 18.3. The van der Waals surface area contributed by atoms with Crippen molar-refractivity contribution in [2.45, 2.75) is 18.1 Å². The van der Waals surface area contributed by atoms with Gasteiger partial charge in [-0.25, -0.2) is 4.79 Å². The quantitative estimate of drug-likeness (QED) is 0.420. The maximum absolute atomic E-state index is 13.3. The molecule has 0 amide bonds. The van der Waals surface area contributed by atoms with Crippen LogP contribution in [0.3, 0.4) is 0 Å². The van der Waals surface area contributed by atoms with E-state index in [1.165, 1.54) is 0 Å². The first kappa shape index (κ1) is 19.0. The van der Waals surface area contributed by atoms with Gasteiger partial charge in [0.15, 0.2) is 0 Å². The van der Waals surface area contributed by atoms with Crippen LogP contribution in [-0.4, -0.2) is 21.1 Å². The molecule has 0 aliphatic carbocycles. The van der Waals surface area contributed by atoms with Gasteiger partial charge in [-0.2, -0.15) is 0 Å². The molecule has 32 heavy (non-hydrogen) atoms. The van der Waals surface area contributed by atoms with Crippen molar-refractivity contribution < 1.29 is 9.15 Å². The summed E-state index contributed by atoms with van der Waals surface area (Å²) in [5.74, 6) is 0.517. The van der Waals surface area contributed by atoms with Crippen LogP contribution in [0.5, 0.6) is 5.75 Å². The number of anilines is 2. The lowest BCUT2D eigenvalue weighted by molar-refractivity contribution is 0.0312. The predicted octanol–water partition coefficient (Wildman–Crippen LogP) is 5.08. The summed E-state index contributed by atoms with van der Waals surface area (Å²) in [6, 6.07) is 24.5. The van der Waals surface area contributed by atoms with E-state index in [-0.39, 0.29) is 11.5 Å². The lowest BCUT2D eigenvalue weighted by atomic mass is 9.75. The van der Waals surface area contributed by atoms with Gasteiger partial charge in [0, 0.05) is 56.5 Å². The number of nitrogens with zero attached hydrogens (tertiary/aromatic N) is 2. The highest BCUT2D eigenvalue weighted by atomic mass is 16.5. The molecule has 4 aromatic rings. The number of hydrogen-bond donors (Lipinski definition) is 0. The topological polar surface area (TPSA) is 45.9 Å². The number of ether oxygens (including phenoxy) is 1. The van der Waals surface area contributed by atoms with E-state index < -0.39 is 5.72 Å². The van der Waals surface area contributed by atoms with Gasteiger partial charge in [0.25, 0.3) is 0 Å². The van der Waals surface area contributed by atoms with E-state index >= 15 is 0 Å². The van der Waals surface area contributed by atoms with Gasteiger partial charge in [0.2, 0.25) is 5.72 Å². The van der Waals surface area contributed by atoms with Gasteiger partial charge in [-0.05, 0) is 23.8 Å². The van der Waals surface area contributed by atoms with Crippen LogP contribution in [-0.2, 0) is 5.72 Å². The molecule has 0 spiro atoms. The zero-order valence-electron chi connectivity index (χ0n) is 18.3. The van der Waals surface area contributed by atoms with Gasteiger partial charge in [0.05, 0.1) is 10.9 Å². The van der Waals surface area contributed by atoms with Gasteiger partial charge >= 0.3 is 5.63 Å². The average Bonchev–Trinajstić information content (AvgIpc) is 2.82. The van der Waals surface area contributed by atoms with Gasteiger partial charge in [-0.3, -0.25) is 0 Å². The second-order valence-electron chi connectivity index (χ2n) is 8.83. The monoisotopic (exact) mass is 424 g/mol. The van der Waals surface area contributed by atoms with Gasteiger partial charge in [-0.15, -0.1) is 0 Å². The fourth-order valence-electron chi connectivity index (χ4n) is 5.28. The predicted molar refractivity (Wildman–Crippen MR) is 127 cm³/mol. The first-order valence-electron chi connectivity index (χ1n) is 10.8. The minimum Gasteiger partial charge on any atom is -0.462 e. The molecule has 0 unspecified atom stereocenters. The van der Waals surface area contributed by atoms with Crippen LogP contribution in [0.25, 0.3) is 11.0 Å². The largest absolute Gasteiger partial charge is 0.462 e. The molecule has 2 aliphatic rings. The number of rotatable bonds is 2. The standard InChI is InChI=1S/C27H24N2O3/c1-28(2)18-13-14-20-23(15-18)31-26(30)24-21-16-27(32-25(20)24,17-9-5-4-6-10-17)29(3)22-12-8-7-11-19(21)22/h4-15,21H,16H2,1-3H3/t21-,27-/m1/s1. The average molecular weight is 425 g/mol. The van der Waals surface area contributed by atoms with E-state index in [1.807, 2.05) is 67.5 Å². The van der Waals surface area contributed by atoms with Gasteiger partial charge in [-0.1, -0.05) is 48.5 Å². The van der Waals surface area contributed by atoms with Crippen molar-refractivity contribution in [3.63, 3.8) is 0 Å². The molecule has 160 valence electrons. The molecule has 0 fully saturated rings. The molecule has 3 aromatic carbocycles. The van der Waals surface area contributed by atoms with Gasteiger partial charge < -0.3 is 19.0 Å². The van der Waals surface area contributed by atoms with E-state index in [1.54, 1.807) is 0 Å². The SMILES string of the molecule is CN(C)c1ccc2c3c(c(=O)oc2c1)[C@@H]1C[C@](c2ccccc2)(O3)N(C)c2ccccc21. The summed E-state index contributed by atoms with van der Waals surface area (Å²) in [5, 5.41) is 0.822. The van der Waals surface area contributed by atoms with Crippen molar-refractivity contribution in [3.05, 3.63) is 99.9 Å². The van der Waals surface area contributed by atoms with Crippen LogP contribution in [0.4, 0.5) is 11.4 Å². The maximum Gasteiger partial charge on any atom is 0.343 e. The van der Waals surface area contributed by atoms with Crippen LogP contribution < -0.4 is 20.2 Å². The Kier molecular flexibility index (Phi) is 3.94. The summed E-state index contributed by atoms with van der Waals surface area (Å²) >= 11 is 0. The highest BCUT2D eigenvalue weighted by molar-refractivity contribution is 5.88. The summed E-state index contributed by atoms with van der Waals surface area (Å²) in [4.78, 5) is 17.5. The lowest BCUT2D eigenvalue weighted by Gasteiger charge is -2.52. The van der Waals surface area contributed by atoms with Crippen LogP contribution in [0.1, 0.15) is 29.0 Å². The van der Waals surface area contributed by atoms with Crippen molar-refractivity contribution in [1.29, 1.82) is 0 Å². The summed E-state index contributed by atoms with van der Waals surface area (Å²) < 4.78 is 12.7. The van der Waals surface area contributed by atoms with Crippen LogP contribution in [0.15, 0.2) is 82.0 Å². The molecular formula is C27H24N2O3. The minimum atomic E-state index is -0.714. The molecular weight excluding hydrogens is 400 g/mol. The summed E-state index contributed by atoms with van der Waals surface area (Å²) in [7, 11) is 6.01. The number of hydrogen-bond acceptors (Lipinski definition) is 5. The highest BCUT2D eigenvalue weighted by Crippen LogP contribution is 2.56. The van der Waals surface area contributed by atoms with E-state index in [4.69, 9.17) is 9.15 Å². The van der Waals surface area contributed by atoms with E-state index in [2.05, 4.69) is 36.2 Å². The van der Waals surface area contributed by atoms with Crippen molar-refractivity contribution in [1.82, 2.24) is 0 Å². The first-order chi connectivity index (χ1) is 15.5. The second kappa shape index (κ2) is 6.63. The number of para-hydroxylation sites is 1. The smallest absolute Gasteiger partial charge is 0.343 e. The number of benzene rings is 3. The Balaban J connectivity index is 1.69. The molecule has 5 heteroatoms. The molecule has 0 saturated carbocycles. The first-order valence-corrected chi connectivity index (χ1v) is 10.8. The van der Waals surface area contributed by atoms with E-state index in [0.717, 1.165) is 27.9 Å². The molecule has 0 N–H and O–H groups in total. The molecule has 0 saturated heterocycles. The van der Waals surface area contributed by atoms with Gasteiger partial charge in [0.1, 0.15) is 11.3 Å². The van der Waals surface area contributed by atoms with Crippen molar-refractivity contribution in [2.75, 3.05) is 30.9 Å². The second-order valence-corrected chi connectivity index (χ2v) is 8.83. The Labute approximate surface area is 186 Å².